The van der Waals surface area contributed by atoms with Crippen LogP contribution in [0.2, 0.25) is 0 Å². The van der Waals surface area contributed by atoms with Gasteiger partial charge in [-0.05, 0) is 48.6 Å². The van der Waals surface area contributed by atoms with Gasteiger partial charge in [0.25, 0.3) is 0 Å². The normalized spacial score (nSPS) is 16.1. The highest BCUT2D eigenvalue weighted by molar-refractivity contribution is 7.89. The molecule has 0 bridgehead atoms. The fourth-order valence-corrected chi connectivity index (χ4v) is 4.65. The van der Waals surface area contributed by atoms with E-state index in [9.17, 15) is 13.2 Å². The van der Waals surface area contributed by atoms with E-state index in [-0.39, 0.29) is 23.4 Å². The van der Waals surface area contributed by atoms with Crippen LogP contribution < -0.4 is 5.73 Å². The summed E-state index contributed by atoms with van der Waals surface area (Å²) in [6.07, 6.45) is 1.62. The van der Waals surface area contributed by atoms with Gasteiger partial charge in [-0.3, -0.25) is 4.79 Å². The molecule has 0 unspecified atom stereocenters. The van der Waals surface area contributed by atoms with Gasteiger partial charge in [-0.1, -0.05) is 30.3 Å². The second-order valence-corrected chi connectivity index (χ2v) is 8.70. The maximum Gasteiger partial charge on any atom is 0.306 e. The van der Waals surface area contributed by atoms with Crippen molar-refractivity contribution in [2.75, 3.05) is 18.8 Å². The number of benzene rings is 2. The molecular formula is C20H24N2O4S. The Labute approximate surface area is 160 Å². The summed E-state index contributed by atoms with van der Waals surface area (Å²) >= 11 is 0. The number of esters is 1. The minimum Gasteiger partial charge on any atom is -0.461 e. The van der Waals surface area contributed by atoms with Crippen molar-refractivity contribution < 1.29 is 17.9 Å². The number of rotatable bonds is 6. The minimum absolute atomic E-state index is 0.145. The van der Waals surface area contributed by atoms with Gasteiger partial charge in [0.05, 0.1) is 4.90 Å². The molecule has 0 atom stereocenters. The van der Waals surface area contributed by atoms with Crippen LogP contribution in [-0.2, 0) is 26.2 Å². The van der Waals surface area contributed by atoms with Crippen molar-refractivity contribution in [2.45, 2.75) is 30.8 Å². The third-order valence-electron chi connectivity index (χ3n) is 4.79. The summed E-state index contributed by atoms with van der Waals surface area (Å²) in [5.74, 6) is -0.0927. The number of carbonyl (C=O) groups is 1. The molecule has 1 fully saturated rings. The zero-order valence-electron chi connectivity index (χ0n) is 15.1. The second-order valence-electron chi connectivity index (χ2n) is 6.77. The van der Waals surface area contributed by atoms with E-state index in [0.717, 1.165) is 5.56 Å². The molecule has 0 aliphatic carbocycles. The average molecular weight is 388 g/mol. The Bertz CT molecular complexity index is 859. The summed E-state index contributed by atoms with van der Waals surface area (Å²) in [6.45, 7) is 1.08. The van der Waals surface area contributed by atoms with Crippen LogP contribution in [0, 0.1) is 5.92 Å². The Morgan fingerprint density at radius 2 is 1.67 bits per heavy atom. The Balaban J connectivity index is 1.48. The van der Waals surface area contributed by atoms with Crippen LogP contribution in [0.15, 0.2) is 59.5 Å². The van der Waals surface area contributed by atoms with E-state index in [0.29, 0.717) is 38.0 Å². The molecule has 144 valence electrons. The second kappa shape index (κ2) is 8.54. The number of hydrogen-bond acceptors (Lipinski definition) is 5. The zero-order valence-corrected chi connectivity index (χ0v) is 15.9. The number of anilines is 1. The fraction of sp³-hybridized carbons (Fsp3) is 0.350. The predicted octanol–water partition coefficient (Wildman–Crippen LogP) is 2.80. The highest BCUT2D eigenvalue weighted by atomic mass is 32.2. The van der Waals surface area contributed by atoms with Crippen molar-refractivity contribution in [3.05, 3.63) is 60.2 Å². The number of hydrogen-bond donors (Lipinski definition) is 1. The third kappa shape index (κ3) is 5.08. The summed E-state index contributed by atoms with van der Waals surface area (Å²) in [5, 5.41) is 0. The quantitative estimate of drug-likeness (QED) is 0.607. The van der Waals surface area contributed by atoms with E-state index in [1.807, 2.05) is 30.3 Å². The van der Waals surface area contributed by atoms with E-state index >= 15 is 0 Å². The van der Waals surface area contributed by atoms with E-state index < -0.39 is 10.0 Å². The molecule has 3 rings (SSSR count). The lowest BCUT2D eigenvalue weighted by Gasteiger charge is -2.30. The first-order valence-electron chi connectivity index (χ1n) is 9.00. The molecule has 0 saturated carbocycles. The topological polar surface area (TPSA) is 89.7 Å². The molecule has 27 heavy (non-hydrogen) atoms. The van der Waals surface area contributed by atoms with Crippen molar-refractivity contribution in [3.8, 4) is 0 Å². The minimum atomic E-state index is -3.52. The smallest absolute Gasteiger partial charge is 0.306 e. The summed E-state index contributed by atoms with van der Waals surface area (Å²) in [6, 6.07) is 15.8. The van der Waals surface area contributed by atoms with E-state index in [4.69, 9.17) is 10.5 Å². The molecule has 0 amide bonds. The van der Waals surface area contributed by atoms with E-state index in [2.05, 4.69) is 0 Å². The summed E-state index contributed by atoms with van der Waals surface area (Å²) in [5.41, 5.74) is 7.11. The van der Waals surface area contributed by atoms with Crippen LogP contribution in [-0.4, -0.2) is 31.8 Å². The SMILES string of the molecule is Nc1ccc(S(=O)(=O)N2CCC(CC(=O)OCc3ccccc3)CC2)cc1. The van der Waals surface area contributed by atoms with E-state index in [1.54, 1.807) is 12.1 Å². The molecule has 1 heterocycles. The number of ether oxygens (including phenoxy) is 1. The fourth-order valence-electron chi connectivity index (χ4n) is 3.18. The van der Waals surface area contributed by atoms with E-state index in [1.165, 1.54) is 16.4 Å². The molecule has 1 aliphatic rings. The van der Waals surface area contributed by atoms with Gasteiger partial charge >= 0.3 is 5.97 Å². The largest absolute Gasteiger partial charge is 0.461 e. The molecule has 0 radical (unpaired) electrons. The van der Waals surface area contributed by atoms with Gasteiger partial charge < -0.3 is 10.5 Å². The number of piperidine rings is 1. The van der Waals surface area contributed by atoms with Gasteiger partial charge in [0.2, 0.25) is 10.0 Å². The first-order valence-corrected chi connectivity index (χ1v) is 10.4. The van der Waals surface area contributed by atoms with Crippen LogP contribution in [0.5, 0.6) is 0 Å². The molecule has 2 aromatic carbocycles. The molecule has 7 heteroatoms. The van der Waals surface area contributed by atoms with Crippen molar-refractivity contribution in [3.63, 3.8) is 0 Å². The average Bonchev–Trinajstić information content (AvgIpc) is 2.68. The predicted molar refractivity (Wildman–Crippen MR) is 103 cm³/mol. The Morgan fingerprint density at radius 3 is 2.30 bits per heavy atom. The standard InChI is InChI=1S/C20H24N2O4S/c21-18-6-8-19(9-7-18)27(24,25)22-12-10-16(11-13-22)14-20(23)26-15-17-4-2-1-3-5-17/h1-9,16H,10-15,21H2. The molecular weight excluding hydrogens is 364 g/mol. The van der Waals surface area contributed by atoms with Crippen LogP contribution in [0.4, 0.5) is 5.69 Å². The van der Waals surface area contributed by atoms with Gasteiger partial charge in [-0.25, -0.2) is 8.42 Å². The molecule has 1 saturated heterocycles. The highest BCUT2D eigenvalue weighted by Crippen LogP contribution is 2.26. The van der Waals surface area contributed by atoms with Crippen molar-refractivity contribution >= 4 is 21.7 Å². The Hall–Kier alpha value is -2.38. The molecule has 2 N–H and O–H groups in total. The summed E-state index contributed by atoms with van der Waals surface area (Å²) in [7, 11) is -3.52. The summed E-state index contributed by atoms with van der Waals surface area (Å²) in [4.78, 5) is 12.3. The van der Waals surface area contributed by atoms with Crippen molar-refractivity contribution in [1.29, 1.82) is 0 Å². The van der Waals surface area contributed by atoms with Crippen LogP contribution in [0.1, 0.15) is 24.8 Å². The van der Waals surface area contributed by atoms with Crippen LogP contribution in [0.3, 0.4) is 0 Å². The highest BCUT2D eigenvalue weighted by Gasteiger charge is 2.30. The first kappa shape index (κ1) is 19.4. The Kier molecular flexibility index (Phi) is 6.13. The lowest BCUT2D eigenvalue weighted by atomic mass is 9.95. The van der Waals surface area contributed by atoms with Crippen LogP contribution >= 0.6 is 0 Å². The Morgan fingerprint density at radius 1 is 1.04 bits per heavy atom. The van der Waals surface area contributed by atoms with Gasteiger partial charge in [-0.15, -0.1) is 0 Å². The lowest BCUT2D eigenvalue weighted by Crippen LogP contribution is -2.38. The molecule has 0 aromatic heterocycles. The van der Waals surface area contributed by atoms with Gasteiger partial charge in [-0.2, -0.15) is 4.31 Å². The molecule has 6 nitrogen and oxygen atoms in total. The molecule has 2 aromatic rings. The number of carbonyl (C=O) groups excluding carboxylic acids is 1. The number of sulfonamides is 1. The zero-order chi connectivity index (χ0) is 19.3. The number of nitrogens with two attached hydrogens (primary N) is 1. The van der Waals surface area contributed by atoms with Gasteiger partial charge in [0.15, 0.2) is 0 Å². The molecule has 0 spiro atoms. The molecule has 1 aliphatic heterocycles. The number of nitrogen functional groups attached to an aromatic ring is 1. The summed E-state index contributed by atoms with van der Waals surface area (Å²) < 4.78 is 32.2. The first-order chi connectivity index (χ1) is 12.9. The third-order valence-corrected chi connectivity index (χ3v) is 6.70. The maximum atomic E-state index is 12.7. The lowest BCUT2D eigenvalue weighted by molar-refractivity contribution is -0.146. The van der Waals surface area contributed by atoms with Gasteiger partial charge in [0.1, 0.15) is 6.61 Å². The van der Waals surface area contributed by atoms with Crippen molar-refractivity contribution in [2.24, 2.45) is 5.92 Å². The van der Waals surface area contributed by atoms with Gasteiger partial charge in [0, 0.05) is 25.2 Å². The van der Waals surface area contributed by atoms with Crippen LogP contribution in [0.25, 0.3) is 0 Å². The number of nitrogens with zero attached hydrogens (tertiary/aromatic N) is 1. The monoisotopic (exact) mass is 388 g/mol. The van der Waals surface area contributed by atoms with Crippen molar-refractivity contribution in [1.82, 2.24) is 4.31 Å². The maximum absolute atomic E-state index is 12.7.